The van der Waals surface area contributed by atoms with Crippen LogP contribution in [0, 0.1) is 23.5 Å². The number of hydrogen-bond donors (Lipinski definition) is 1. The zero-order valence-electron chi connectivity index (χ0n) is 15.7. The van der Waals surface area contributed by atoms with E-state index in [0.717, 1.165) is 18.8 Å². The molecule has 0 bridgehead atoms. The Morgan fingerprint density at radius 3 is 2.70 bits per heavy atom. The van der Waals surface area contributed by atoms with Gasteiger partial charge in [-0.2, -0.15) is 0 Å². The van der Waals surface area contributed by atoms with Gasteiger partial charge in [0.2, 0.25) is 0 Å². The summed E-state index contributed by atoms with van der Waals surface area (Å²) in [6.07, 6.45) is 8.18. The molecule has 0 spiro atoms. The van der Waals surface area contributed by atoms with E-state index in [4.69, 9.17) is 5.11 Å². The van der Waals surface area contributed by atoms with Crippen molar-refractivity contribution in [2.45, 2.75) is 39.2 Å². The van der Waals surface area contributed by atoms with Crippen LogP contribution >= 0.6 is 8.58 Å². The zero-order valence-corrected chi connectivity index (χ0v) is 16.7. The van der Waals surface area contributed by atoms with E-state index in [2.05, 4.69) is 21.4 Å². The first-order valence-electron chi connectivity index (χ1n) is 9.07. The number of aliphatic hydroxyl groups excluding tert-OH is 1. The third kappa shape index (κ3) is 5.99. The van der Waals surface area contributed by atoms with Crippen molar-refractivity contribution in [1.82, 2.24) is 9.55 Å². The molecule has 1 atom stereocenters. The summed E-state index contributed by atoms with van der Waals surface area (Å²) in [6.45, 7) is 4.75. The fourth-order valence-electron chi connectivity index (χ4n) is 2.77. The van der Waals surface area contributed by atoms with Gasteiger partial charge in [-0.15, -0.1) is 0 Å². The summed E-state index contributed by atoms with van der Waals surface area (Å²) in [5.74, 6) is 5.40. The van der Waals surface area contributed by atoms with Gasteiger partial charge in [0.1, 0.15) is 17.5 Å². The van der Waals surface area contributed by atoms with Crippen molar-refractivity contribution < 1.29 is 13.9 Å². The molecule has 1 N–H and O–H groups in total. The van der Waals surface area contributed by atoms with Crippen LogP contribution in [0.25, 0.3) is 5.31 Å². The van der Waals surface area contributed by atoms with E-state index in [1.54, 1.807) is 6.20 Å². The highest BCUT2D eigenvalue weighted by molar-refractivity contribution is 7.49. The summed E-state index contributed by atoms with van der Waals surface area (Å²) in [7, 11) is 0.282. The molecule has 1 aromatic heterocycles. The summed E-state index contributed by atoms with van der Waals surface area (Å²) < 4.78 is 31.1. The van der Waals surface area contributed by atoms with Gasteiger partial charge in [0, 0.05) is 44.0 Å². The Kier molecular flexibility index (Phi) is 8.64. The summed E-state index contributed by atoms with van der Waals surface area (Å²) >= 11 is 0. The molecular formula is C21H25F2N2OP. The van der Waals surface area contributed by atoms with Crippen molar-refractivity contribution in [1.29, 1.82) is 0 Å². The number of aryl methyl sites for hydroxylation is 2. The monoisotopic (exact) mass is 390 g/mol. The molecule has 0 fully saturated rings. The topological polar surface area (TPSA) is 38.0 Å². The van der Waals surface area contributed by atoms with E-state index in [-0.39, 0.29) is 20.8 Å². The number of imidazole rings is 1. The molecule has 2 aromatic rings. The Hall–Kier alpha value is -2.02. The van der Waals surface area contributed by atoms with Crippen molar-refractivity contribution in [3.8, 4) is 11.8 Å². The fourth-order valence-corrected chi connectivity index (χ4v) is 3.61. The molecule has 0 aliphatic carbocycles. The molecule has 0 saturated carbocycles. The Bertz CT molecular complexity index is 826. The van der Waals surface area contributed by atoms with Crippen molar-refractivity contribution in [2.75, 3.05) is 13.3 Å². The van der Waals surface area contributed by atoms with Gasteiger partial charge in [-0.1, -0.05) is 33.4 Å². The number of rotatable bonds is 8. The Morgan fingerprint density at radius 1 is 1.33 bits per heavy atom. The highest BCUT2D eigenvalue weighted by Crippen LogP contribution is 2.35. The van der Waals surface area contributed by atoms with Gasteiger partial charge in [0.15, 0.2) is 0 Å². The molecular weight excluding hydrogens is 365 g/mol. The first-order chi connectivity index (χ1) is 13.1. The molecule has 27 heavy (non-hydrogen) atoms. The van der Waals surface area contributed by atoms with Gasteiger partial charge in [0.25, 0.3) is 0 Å². The molecule has 2 rings (SSSR count). The number of nitrogens with zero attached hydrogens (tertiary/aromatic N) is 2. The first-order valence-corrected chi connectivity index (χ1v) is 10.6. The minimum Gasteiger partial charge on any atom is -0.396 e. The number of aromatic nitrogens is 2. The molecule has 0 radical (unpaired) electrons. The summed E-state index contributed by atoms with van der Waals surface area (Å²) in [5, 5.41) is 9.42. The summed E-state index contributed by atoms with van der Waals surface area (Å²) in [4.78, 5) is 4.28. The lowest BCUT2D eigenvalue weighted by Gasteiger charge is -2.10. The number of aliphatic hydroxyl groups is 1. The Labute approximate surface area is 161 Å². The summed E-state index contributed by atoms with van der Waals surface area (Å²) in [6, 6.07) is 2.56. The minimum atomic E-state index is -0.584. The Balaban J connectivity index is 2.16. The summed E-state index contributed by atoms with van der Waals surface area (Å²) in [5.41, 5.74) is 0.356. The number of hydrogen-bond acceptors (Lipinski definition) is 2. The molecule has 144 valence electrons. The smallest absolute Gasteiger partial charge is 0.135 e. The van der Waals surface area contributed by atoms with E-state index in [1.807, 2.05) is 25.9 Å². The third-order valence-corrected chi connectivity index (χ3v) is 5.10. The maximum atomic E-state index is 14.5. The molecule has 1 unspecified atom stereocenters. The zero-order chi connectivity index (χ0) is 19.6. The van der Waals surface area contributed by atoms with Crippen molar-refractivity contribution in [3.63, 3.8) is 0 Å². The van der Waals surface area contributed by atoms with Crippen LogP contribution in [0.15, 0.2) is 30.6 Å². The molecule has 0 aliphatic heterocycles. The maximum Gasteiger partial charge on any atom is 0.135 e. The predicted octanol–water partition coefficient (Wildman–Crippen LogP) is 4.59. The van der Waals surface area contributed by atoms with Gasteiger partial charge in [0.05, 0.1) is 5.56 Å². The molecule has 1 heterocycles. The number of benzene rings is 1. The SMILES string of the molecule is CCc1nccn1CC/C=C(\PC)c1c(F)cc(C#CCCCO)cc1F. The molecule has 3 nitrogen and oxygen atoms in total. The Morgan fingerprint density at radius 2 is 2.07 bits per heavy atom. The fraction of sp³-hybridized carbons (Fsp3) is 0.381. The third-order valence-electron chi connectivity index (χ3n) is 4.11. The molecule has 1 aromatic carbocycles. The van der Waals surface area contributed by atoms with Crippen LogP contribution in [0.2, 0.25) is 0 Å². The highest BCUT2D eigenvalue weighted by atomic mass is 31.1. The second-order valence-electron chi connectivity index (χ2n) is 5.99. The molecule has 0 aliphatic rings. The van der Waals surface area contributed by atoms with Crippen LogP contribution in [0.5, 0.6) is 0 Å². The lowest BCUT2D eigenvalue weighted by molar-refractivity contribution is 0.290. The van der Waals surface area contributed by atoms with E-state index in [1.165, 1.54) is 12.1 Å². The number of unbranched alkanes of at least 4 members (excludes halogenated alkanes) is 1. The second-order valence-corrected chi connectivity index (χ2v) is 7.03. The van der Waals surface area contributed by atoms with Crippen LogP contribution in [0.1, 0.15) is 43.1 Å². The normalized spacial score (nSPS) is 11.8. The van der Waals surface area contributed by atoms with Crippen LogP contribution in [-0.2, 0) is 13.0 Å². The quantitative estimate of drug-likeness (QED) is 0.407. The van der Waals surface area contributed by atoms with Crippen LogP contribution in [0.4, 0.5) is 8.78 Å². The van der Waals surface area contributed by atoms with Crippen LogP contribution in [0.3, 0.4) is 0 Å². The van der Waals surface area contributed by atoms with E-state index >= 15 is 0 Å². The van der Waals surface area contributed by atoms with Gasteiger partial charge in [-0.05, 0) is 37.0 Å². The van der Waals surface area contributed by atoms with Crippen molar-refractivity contribution in [2.24, 2.45) is 0 Å². The average molecular weight is 390 g/mol. The second kappa shape index (κ2) is 11.0. The predicted molar refractivity (Wildman–Crippen MR) is 108 cm³/mol. The van der Waals surface area contributed by atoms with Crippen molar-refractivity contribution >= 4 is 13.9 Å². The lowest BCUT2D eigenvalue weighted by Crippen LogP contribution is -2.01. The number of allylic oxidation sites excluding steroid dienone is 1. The van der Waals surface area contributed by atoms with E-state index < -0.39 is 11.6 Å². The van der Waals surface area contributed by atoms with Gasteiger partial charge in [-0.3, -0.25) is 0 Å². The lowest BCUT2D eigenvalue weighted by atomic mass is 10.1. The molecule has 6 heteroatoms. The highest BCUT2D eigenvalue weighted by Gasteiger charge is 2.14. The maximum absolute atomic E-state index is 14.5. The van der Waals surface area contributed by atoms with E-state index in [9.17, 15) is 8.78 Å². The molecule has 0 amide bonds. The van der Waals surface area contributed by atoms with Gasteiger partial charge < -0.3 is 9.67 Å². The van der Waals surface area contributed by atoms with Crippen LogP contribution < -0.4 is 0 Å². The van der Waals surface area contributed by atoms with Gasteiger partial charge in [-0.25, -0.2) is 13.8 Å². The molecule has 0 saturated heterocycles. The van der Waals surface area contributed by atoms with E-state index in [0.29, 0.717) is 30.1 Å². The largest absolute Gasteiger partial charge is 0.396 e. The average Bonchev–Trinajstić information content (AvgIpc) is 3.11. The standard InChI is InChI=1S/C21H25F2N2OP/c1-3-20-24-10-12-25(20)11-7-9-19(27-2)21-17(22)14-16(15-18(21)23)8-5-4-6-13-26/h9-10,12,14-15,26-27H,3-4,6-7,11,13H2,1-2H3/b19-9-. The number of halogens is 2. The van der Waals surface area contributed by atoms with Gasteiger partial charge >= 0.3 is 0 Å². The minimum absolute atomic E-state index is 0.0399. The first kappa shape index (κ1) is 21.3. The van der Waals surface area contributed by atoms with Crippen LogP contribution in [-0.4, -0.2) is 27.9 Å². The van der Waals surface area contributed by atoms with Crippen molar-refractivity contribution in [3.05, 3.63) is 59.2 Å².